The zero-order valence-corrected chi connectivity index (χ0v) is 13.4. The van der Waals surface area contributed by atoms with Crippen molar-refractivity contribution in [2.24, 2.45) is 0 Å². The summed E-state index contributed by atoms with van der Waals surface area (Å²) in [7, 11) is -3.31. The molecule has 0 amide bonds. The molecule has 3 nitrogen and oxygen atoms in total. The predicted molar refractivity (Wildman–Crippen MR) is 81.0 cm³/mol. The first-order valence-corrected chi connectivity index (χ1v) is 8.85. The van der Waals surface area contributed by atoms with Gasteiger partial charge < -0.3 is 0 Å². The standard InChI is InChI=1S/C13H18INO2S/c1-2-12-5-3-4-10-15(12)18(16,17)13-8-6-11(14)7-9-13/h6-9,12H,2-5,10H2,1H3/t12-/m0/s1. The summed E-state index contributed by atoms with van der Waals surface area (Å²) in [6.07, 6.45) is 3.99. The Bertz CT molecular complexity index is 498. The van der Waals surface area contributed by atoms with Crippen LogP contribution in [0.15, 0.2) is 29.2 Å². The van der Waals surface area contributed by atoms with Crippen molar-refractivity contribution in [1.82, 2.24) is 4.31 Å². The first-order chi connectivity index (χ1) is 8.55. The van der Waals surface area contributed by atoms with Crippen molar-refractivity contribution in [2.45, 2.75) is 43.5 Å². The number of rotatable bonds is 3. The Kier molecular flexibility index (Phi) is 4.66. The van der Waals surface area contributed by atoms with Crippen LogP contribution >= 0.6 is 22.6 Å². The SMILES string of the molecule is CC[C@H]1CCCCN1S(=O)(=O)c1ccc(I)cc1. The first-order valence-electron chi connectivity index (χ1n) is 6.33. The summed E-state index contributed by atoms with van der Waals surface area (Å²) in [5, 5.41) is 0. The van der Waals surface area contributed by atoms with Crippen LogP contribution in [0.5, 0.6) is 0 Å². The molecule has 0 bridgehead atoms. The fraction of sp³-hybridized carbons (Fsp3) is 0.538. The van der Waals surface area contributed by atoms with E-state index in [0.717, 1.165) is 29.3 Å². The van der Waals surface area contributed by atoms with Crippen LogP contribution < -0.4 is 0 Å². The maximum Gasteiger partial charge on any atom is 0.243 e. The lowest BCUT2D eigenvalue weighted by Gasteiger charge is -2.34. The third-order valence-corrected chi connectivity index (χ3v) is 6.15. The van der Waals surface area contributed by atoms with Gasteiger partial charge in [0.15, 0.2) is 0 Å². The lowest BCUT2D eigenvalue weighted by molar-refractivity contribution is 0.246. The van der Waals surface area contributed by atoms with Gasteiger partial charge in [0, 0.05) is 16.2 Å². The highest BCUT2D eigenvalue weighted by Gasteiger charge is 2.32. The van der Waals surface area contributed by atoms with Gasteiger partial charge in [0.05, 0.1) is 4.90 Å². The van der Waals surface area contributed by atoms with E-state index in [1.165, 1.54) is 0 Å². The highest BCUT2D eigenvalue weighted by molar-refractivity contribution is 14.1. The largest absolute Gasteiger partial charge is 0.243 e. The Labute approximate surface area is 123 Å². The summed E-state index contributed by atoms with van der Waals surface area (Å²) >= 11 is 2.18. The summed E-state index contributed by atoms with van der Waals surface area (Å²) in [5.74, 6) is 0. The second kappa shape index (κ2) is 5.88. The summed E-state index contributed by atoms with van der Waals surface area (Å²) < 4.78 is 27.9. The van der Waals surface area contributed by atoms with Gasteiger partial charge >= 0.3 is 0 Å². The van der Waals surface area contributed by atoms with Crippen LogP contribution in [-0.4, -0.2) is 25.3 Å². The third kappa shape index (κ3) is 2.88. The van der Waals surface area contributed by atoms with Crippen LogP contribution in [0.1, 0.15) is 32.6 Å². The molecule has 1 saturated heterocycles. The molecule has 1 atom stereocenters. The van der Waals surface area contributed by atoms with E-state index < -0.39 is 10.0 Å². The molecule has 1 fully saturated rings. The van der Waals surface area contributed by atoms with Crippen molar-refractivity contribution in [3.8, 4) is 0 Å². The molecule has 100 valence electrons. The van der Waals surface area contributed by atoms with Crippen molar-refractivity contribution < 1.29 is 8.42 Å². The van der Waals surface area contributed by atoms with Crippen LogP contribution in [0.4, 0.5) is 0 Å². The second-order valence-corrected chi connectivity index (χ2v) is 7.76. The Balaban J connectivity index is 2.32. The smallest absolute Gasteiger partial charge is 0.207 e. The van der Waals surface area contributed by atoms with Gasteiger partial charge in [0.25, 0.3) is 0 Å². The van der Waals surface area contributed by atoms with Crippen molar-refractivity contribution in [2.75, 3.05) is 6.54 Å². The third-order valence-electron chi connectivity index (χ3n) is 3.46. The number of sulfonamides is 1. The lowest BCUT2D eigenvalue weighted by Crippen LogP contribution is -2.43. The van der Waals surface area contributed by atoms with Gasteiger partial charge in [-0.25, -0.2) is 8.42 Å². The van der Waals surface area contributed by atoms with Crippen molar-refractivity contribution in [1.29, 1.82) is 0 Å². The summed E-state index contributed by atoms with van der Waals surface area (Å²) in [6.45, 7) is 2.72. The van der Waals surface area contributed by atoms with Crippen LogP contribution in [0.2, 0.25) is 0 Å². The molecule has 18 heavy (non-hydrogen) atoms. The molecule has 0 saturated carbocycles. The van der Waals surface area contributed by atoms with E-state index in [0.29, 0.717) is 11.4 Å². The molecule has 0 spiro atoms. The molecule has 1 aliphatic rings. The molecule has 1 aromatic rings. The lowest BCUT2D eigenvalue weighted by atomic mass is 10.0. The average molecular weight is 379 g/mol. The molecular weight excluding hydrogens is 361 g/mol. The molecule has 1 aliphatic heterocycles. The Morgan fingerprint density at radius 2 is 1.94 bits per heavy atom. The minimum absolute atomic E-state index is 0.169. The molecule has 0 N–H and O–H groups in total. The second-order valence-electron chi connectivity index (χ2n) is 4.63. The zero-order valence-electron chi connectivity index (χ0n) is 10.5. The van der Waals surface area contributed by atoms with E-state index in [1.807, 2.05) is 12.1 Å². The van der Waals surface area contributed by atoms with E-state index in [1.54, 1.807) is 16.4 Å². The molecule has 0 unspecified atom stereocenters. The minimum atomic E-state index is -3.31. The van der Waals surface area contributed by atoms with Crippen molar-refractivity contribution >= 4 is 32.6 Å². The molecule has 0 aromatic heterocycles. The van der Waals surface area contributed by atoms with Crippen LogP contribution in [0, 0.1) is 3.57 Å². The number of benzene rings is 1. The van der Waals surface area contributed by atoms with E-state index in [4.69, 9.17) is 0 Å². The van der Waals surface area contributed by atoms with Gasteiger partial charge in [-0.05, 0) is 66.1 Å². The fourth-order valence-electron chi connectivity index (χ4n) is 2.44. The van der Waals surface area contributed by atoms with Crippen molar-refractivity contribution in [3.05, 3.63) is 27.8 Å². The van der Waals surface area contributed by atoms with Crippen LogP contribution in [-0.2, 0) is 10.0 Å². The van der Waals surface area contributed by atoms with Gasteiger partial charge in [0.2, 0.25) is 10.0 Å². The first kappa shape index (κ1) is 14.3. The van der Waals surface area contributed by atoms with Gasteiger partial charge in [-0.15, -0.1) is 0 Å². The number of hydrogen-bond acceptors (Lipinski definition) is 2. The quantitative estimate of drug-likeness (QED) is 0.757. The number of nitrogens with zero attached hydrogens (tertiary/aromatic N) is 1. The highest BCUT2D eigenvalue weighted by Crippen LogP contribution is 2.27. The van der Waals surface area contributed by atoms with Gasteiger partial charge in [-0.3, -0.25) is 0 Å². The molecule has 2 rings (SSSR count). The summed E-state index contributed by atoms with van der Waals surface area (Å²) in [6, 6.07) is 7.27. The molecule has 0 radical (unpaired) electrons. The molecular formula is C13H18INO2S. The van der Waals surface area contributed by atoms with E-state index in [2.05, 4.69) is 29.5 Å². The Hall–Kier alpha value is -0.140. The molecule has 5 heteroatoms. The number of halogens is 1. The maximum atomic E-state index is 12.6. The van der Waals surface area contributed by atoms with Crippen LogP contribution in [0.25, 0.3) is 0 Å². The normalized spacial score (nSPS) is 22.0. The van der Waals surface area contributed by atoms with E-state index in [9.17, 15) is 8.42 Å². The van der Waals surface area contributed by atoms with Gasteiger partial charge in [-0.2, -0.15) is 4.31 Å². The molecule has 1 aromatic carbocycles. The maximum absolute atomic E-state index is 12.6. The average Bonchev–Trinajstić information content (AvgIpc) is 2.39. The molecule has 1 heterocycles. The van der Waals surface area contributed by atoms with Gasteiger partial charge in [0.1, 0.15) is 0 Å². The van der Waals surface area contributed by atoms with Gasteiger partial charge in [-0.1, -0.05) is 13.3 Å². The van der Waals surface area contributed by atoms with Crippen molar-refractivity contribution in [3.63, 3.8) is 0 Å². The van der Waals surface area contributed by atoms with E-state index in [-0.39, 0.29) is 6.04 Å². The monoisotopic (exact) mass is 379 g/mol. The minimum Gasteiger partial charge on any atom is -0.207 e. The number of hydrogen-bond donors (Lipinski definition) is 0. The fourth-order valence-corrected chi connectivity index (χ4v) is 4.57. The van der Waals surface area contributed by atoms with Crippen LogP contribution in [0.3, 0.4) is 0 Å². The Morgan fingerprint density at radius 3 is 2.56 bits per heavy atom. The predicted octanol–water partition coefficient (Wildman–Crippen LogP) is 3.24. The highest BCUT2D eigenvalue weighted by atomic mass is 127. The number of piperidine rings is 1. The van der Waals surface area contributed by atoms with E-state index >= 15 is 0 Å². The zero-order chi connectivity index (χ0) is 13.2. The Morgan fingerprint density at radius 1 is 1.28 bits per heavy atom. The molecule has 0 aliphatic carbocycles. The topological polar surface area (TPSA) is 37.4 Å². The summed E-state index contributed by atoms with van der Waals surface area (Å²) in [4.78, 5) is 0.420. The summed E-state index contributed by atoms with van der Waals surface area (Å²) in [5.41, 5.74) is 0.